The van der Waals surface area contributed by atoms with Crippen molar-refractivity contribution in [3.05, 3.63) is 163 Å². The predicted octanol–water partition coefficient (Wildman–Crippen LogP) is 13.0. The second kappa shape index (κ2) is 10.9. The molecule has 0 spiro atoms. The summed E-state index contributed by atoms with van der Waals surface area (Å²) in [5.41, 5.74) is 7.93. The lowest BCUT2D eigenvalue weighted by atomic mass is 9.82. The molecule has 8 aromatic carbocycles. The highest BCUT2D eigenvalue weighted by Gasteiger charge is 2.37. The van der Waals surface area contributed by atoms with Gasteiger partial charge in [0.25, 0.3) is 0 Å². The van der Waals surface area contributed by atoms with Crippen LogP contribution in [0.4, 0.5) is 0 Å². The third kappa shape index (κ3) is 4.16. The molecular weight excluding hydrogens is 651 g/mol. The standard InChI is InChI=1S/C48H31N3S/c1-48(2)38-20-10-8-17-34(38)42-37(19-12-21-39(42)48)47-50-45(28-13-4-3-5-14-28)49-46(51-47)30-24-25-31-29(27-30)23-26-36-41(31)32-15-6-7-16-33(32)43-35-18-9-11-22-40(35)52-44(36)43/h3-27H,1-2H3. The van der Waals surface area contributed by atoms with Gasteiger partial charge < -0.3 is 0 Å². The highest BCUT2D eigenvalue weighted by Crippen LogP contribution is 2.52. The highest BCUT2D eigenvalue weighted by atomic mass is 32.1. The zero-order valence-electron chi connectivity index (χ0n) is 28.7. The van der Waals surface area contributed by atoms with Gasteiger partial charge in [0.05, 0.1) is 0 Å². The monoisotopic (exact) mass is 681 g/mol. The summed E-state index contributed by atoms with van der Waals surface area (Å²) >= 11 is 1.89. The van der Waals surface area contributed by atoms with Crippen molar-refractivity contribution in [3.8, 4) is 45.3 Å². The van der Waals surface area contributed by atoms with Crippen LogP contribution in [0.3, 0.4) is 0 Å². The molecule has 0 bridgehead atoms. The molecule has 0 amide bonds. The zero-order chi connectivity index (χ0) is 34.6. The van der Waals surface area contributed by atoms with E-state index >= 15 is 0 Å². The van der Waals surface area contributed by atoms with Gasteiger partial charge in [0.2, 0.25) is 0 Å². The van der Waals surface area contributed by atoms with Crippen LogP contribution in [0, 0.1) is 0 Å². The van der Waals surface area contributed by atoms with E-state index in [1.54, 1.807) is 0 Å². The van der Waals surface area contributed by atoms with E-state index in [9.17, 15) is 0 Å². The molecule has 52 heavy (non-hydrogen) atoms. The van der Waals surface area contributed by atoms with Gasteiger partial charge in [-0.25, -0.2) is 15.0 Å². The highest BCUT2D eigenvalue weighted by molar-refractivity contribution is 7.27. The van der Waals surface area contributed by atoms with E-state index in [1.165, 1.54) is 69.4 Å². The summed E-state index contributed by atoms with van der Waals surface area (Å²) < 4.78 is 2.66. The third-order valence-corrected chi connectivity index (χ3v) is 12.3. The lowest BCUT2D eigenvalue weighted by Crippen LogP contribution is -2.14. The van der Waals surface area contributed by atoms with E-state index in [2.05, 4.69) is 147 Å². The molecule has 1 aliphatic rings. The summed E-state index contributed by atoms with van der Waals surface area (Å²) in [5.74, 6) is 2.02. The summed E-state index contributed by atoms with van der Waals surface area (Å²) in [6.45, 7) is 4.62. The van der Waals surface area contributed by atoms with Gasteiger partial charge in [0.1, 0.15) is 0 Å². The molecule has 0 unspecified atom stereocenters. The molecule has 0 fully saturated rings. The molecule has 0 saturated carbocycles. The molecule has 10 aromatic rings. The molecule has 0 saturated heterocycles. The van der Waals surface area contributed by atoms with Crippen molar-refractivity contribution in [1.29, 1.82) is 0 Å². The van der Waals surface area contributed by atoms with Crippen molar-refractivity contribution in [3.63, 3.8) is 0 Å². The Bertz CT molecular complexity index is 3100. The molecule has 1 aliphatic carbocycles. The number of fused-ring (bicyclic) bond motifs is 13. The Labute approximate surface area is 304 Å². The van der Waals surface area contributed by atoms with Crippen LogP contribution in [-0.2, 0) is 5.41 Å². The molecule has 11 rings (SSSR count). The average molecular weight is 682 g/mol. The Morgan fingerprint density at radius 3 is 1.92 bits per heavy atom. The summed E-state index contributed by atoms with van der Waals surface area (Å²) in [7, 11) is 0. The Balaban J connectivity index is 1.15. The fraction of sp³-hybridized carbons (Fsp3) is 0.0625. The van der Waals surface area contributed by atoms with E-state index in [-0.39, 0.29) is 5.41 Å². The molecule has 0 aliphatic heterocycles. The van der Waals surface area contributed by atoms with Crippen LogP contribution < -0.4 is 0 Å². The van der Waals surface area contributed by atoms with Crippen LogP contribution in [0.25, 0.3) is 97.8 Å². The molecule has 3 nitrogen and oxygen atoms in total. The van der Waals surface area contributed by atoms with Crippen molar-refractivity contribution in [2.75, 3.05) is 0 Å². The maximum atomic E-state index is 5.26. The van der Waals surface area contributed by atoms with Gasteiger partial charge in [-0.2, -0.15) is 0 Å². The van der Waals surface area contributed by atoms with Crippen molar-refractivity contribution in [2.24, 2.45) is 0 Å². The minimum absolute atomic E-state index is 0.118. The van der Waals surface area contributed by atoms with E-state index in [0.717, 1.165) is 22.1 Å². The lowest BCUT2D eigenvalue weighted by Gasteiger charge is -2.21. The molecule has 0 atom stereocenters. The van der Waals surface area contributed by atoms with Crippen LogP contribution in [-0.4, -0.2) is 15.0 Å². The Morgan fingerprint density at radius 1 is 0.442 bits per heavy atom. The fourth-order valence-corrected chi connectivity index (χ4v) is 9.90. The smallest absolute Gasteiger partial charge is 0.164 e. The molecule has 0 N–H and O–H groups in total. The number of thiophene rings is 1. The van der Waals surface area contributed by atoms with Crippen LogP contribution in [0.2, 0.25) is 0 Å². The maximum Gasteiger partial charge on any atom is 0.164 e. The summed E-state index contributed by atoms with van der Waals surface area (Å²) in [6, 6.07) is 54.5. The van der Waals surface area contributed by atoms with E-state index in [0.29, 0.717) is 17.5 Å². The topological polar surface area (TPSA) is 38.7 Å². The summed E-state index contributed by atoms with van der Waals surface area (Å²) in [6.07, 6.45) is 0. The fourth-order valence-electron chi connectivity index (χ4n) is 8.65. The number of nitrogens with zero attached hydrogens (tertiary/aromatic N) is 3. The molecule has 0 radical (unpaired) electrons. The second-order valence-electron chi connectivity index (χ2n) is 14.3. The Morgan fingerprint density at radius 2 is 1.08 bits per heavy atom. The first-order chi connectivity index (χ1) is 25.5. The SMILES string of the molecule is CC1(C)c2ccccc2-c2c(-c3nc(-c4ccccc4)nc(-c4ccc5c(ccc6c7sc8ccccc8c7c7ccccc7c56)c4)n3)cccc21. The summed E-state index contributed by atoms with van der Waals surface area (Å²) in [4.78, 5) is 15.6. The Kier molecular flexibility index (Phi) is 6.17. The first-order valence-corrected chi connectivity index (χ1v) is 18.6. The van der Waals surface area contributed by atoms with Gasteiger partial charge in [-0.3, -0.25) is 0 Å². The van der Waals surface area contributed by atoms with Crippen molar-refractivity contribution < 1.29 is 0 Å². The molecular formula is C48H31N3S. The number of hydrogen-bond donors (Lipinski definition) is 0. The first-order valence-electron chi connectivity index (χ1n) is 17.8. The summed E-state index contributed by atoms with van der Waals surface area (Å²) in [5, 5.41) is 10.2. The van der Waals surface area contributed by atoms with Gasteiger partial charge in [0, 0.05) is 47.7 Å². The van der Waals surface area contributed by atoms with Gasteiger partial charge in [-0.1, -0.05) is 153 Å². The number of aromatic nitrogens is 3. The van der Waals surface area contributed by atoms with Gasteiger partial charge in [-0.15, -0.1) is 11.3 Å². The molecule has 244 valence electrons. The molecule has 2 heterocycles. The van der Waals surface area contributed by atoms with Crippen molar-refractivity contribution in [1.82, 2.24) is 15.0 Å². The second-order valence-corrected chi connectivity index (χ2v) is 15.4. The average Bonchev–Trinajstić information content (AvgIpc) is 3.71. The lowest BCUT2D eigenvalue weighted by molar-refractivity contribution is 0.660. The minimum atomic E-state index is -0.118. The molecule has 4 heteroatoms. The van der Waals surface area contributed by atoms with E-state index in [4.69, 9.17) is 15.0 Å². The van der Waals surface area contributed by atoms with Crippen molar-refractivity contribution >= 4 is 63.8 Å². The van der Waals surface area contributed by atoms with Crippen molar-refractivity contribution in [2.45, 2.75) is 19.3 Å². The van der Waals surface area contributed by atoms with Gasteiger partial charge >= 0.3 is 0 Å². The quantitative estimate of drug-likeness (QED) is 0.174. The molecule has 2 aromatic heterocycles. The number of benzene rings is 8. The van der Waals surface area contributed by atoms with Gasteiger partial charge in [0.15, 0.2) is 17.5 Å². The first kappa shape index (κ1) is 29.5. The minimum Gasteiger partial charge on any atom is -0.208 e. The zero-order valence-corrected chi connectivity index (χ0v) is 29.5. The van der Waals surface area contributed by atoms with E-state index in [1.807, 2.05) is 29.5 Å². The van der Waals surface area contributed by atoms with Crippen LogP contribution in [0.15, 0.2) is 152 Å². The largest absolute Gasteiger partial charge is 0.208 e. The number of hydrogen-bond acceptors (Lipinski definition) is 4. The van der Waals surface area contributed by atoms with E-state index < -0.39 is 0 Å². The normalized spacial score (nSPS) is 13.3. The predicted molar refractivity (Wildman–Crippen MR) is 219 cm³/mol. The van der Waals surface area contributed by atoms with Crippen LogP contribution in [0.1, 0.15) is 25.0 Å². The van der Waals surface area contributed by atoms with Crippen LogP contribution >= 0.6 is 11.3 Å². The third-order valence-electron chi connectivity index (χ3n) is 11.1. The maximum absolute atomic E-state index is 5.26. The number of rotatable bonds is 3. The van der Waals surface area contributed by atoms with Gasteiger partial charge in [-0.05, 0) is 61.3 Å². The van der Waals surface area contributed by atoms with Crippen LogP contribution in [0.5, 0.6) is 0 Å². The Hall–Kier alpha value is -6.23.